The van der Waals surface area contributed by atoms with Gasteiger partial charge in [0.2, 0.25) is 5.60 Å². The number of ether oxygens (including phenoxy) is 2. The second-order valence-corrected chi connectivity index (χ2v) is 7.86. The number of carbonyl (C=O) groups is 1. The van der Waals surface area contributed by atoms with Gasteiger partial charge in [-0.15, -0.1) is 0 Å². The van der Waals surface area contributed by atoms with E-state index >= 15 is 0 Å². The van der Waals surface area contributed by atoms with E-state index in [2.05, 4.69) is 15.0 Å². The van der Waals surface area contributed by atoms with Crippen LogP contribution in [0.5, 0.6) is 5.75 Å². The highest BCUT2D eigenvalue weighted by Crippen LogP contribution is 2.40. The fraction of sp³-hybridized carbons (Fsp3) is 0.429. The highest BCUT2D eigenvalue weighted by Gasteiger charge is 2.59. The number of aryl methyl sites for hydroxylation is 1. The van der Waals surface area contributed by atoms with Crippen molar-refractivity contribution in [2.24, 2.45) is 10.7 Å². The maximum absolute atomic E-state index is 14.6. The molecule has 3 heterocycles. The van der Waals surface area contributed by atoms with Crippen molar-refractivity contribution < 1.29 is 31.8 Å². The molecule has 172 valence electrons. The molecular formula is C21H22F4N4O3. The van der Waals surface area contributed by atoms with E-state index in [0.717, 1.165) is 13.0 Å². The van der Waals surface area contributed by atoms with Gasteiger partial charge in [0.1, 0.15) is 34.3 Å². The molecule has 0 saturated heterocycles. The molecule has 0 unspecified atom stereocenters. The van der Waals surface area contributed by atoms with Crippen LogP contribution in [0.3, 0.4) is 0 Å². The van der Waals surface area contributed by atoms with E-state index in [1.165, 1.54) is 26.3 Å². The van der Waals surface area contributed by atoms with Crippen LogP contribution in [0.1, 0.15) is 41.3 Å². The topological polar surface area (TPSA) is 99.7 Å². The number of methoxy groups -OCH3 is 1. The van der Waals surface area contributed by atoms with Gasteiger partial charge in [-0.1, -0.05) is 0 Å². The molecule has 2 aromatic rings. The molecule has 0 fully saturated rings. The number of nitrogens with zero attached hydrogens (tertiary/aromatic N) is 3. The molecule has 2 atom stereocenters. The van der Waals surface area contributed by atoms with Gasteiger partial charge in [-0.3, -0.25) is 14.8 Å². The van der Waals surface area contributed by atoms with Gasteiger partial charge in [0.05, 0.1) is 26.3 Å². The van der Waals surface area contributed by atoms with Gasteiger partial charge in [-0.2, -0.15) is 13.2 Å². The number of halogens is 4. The van der Waals surface area contributed by atoms with E-state index in [-0.39, 0.29) is 29.3 Å². The number of aromatic nitrogens is 2. The van der Waals surface area contributed by atoms with Crippen molar-refractivity contribution in [1.82, 2.24) is 9.97 Å². The van der Waals surface area contributed by atoms with Crippen LogP contribution in [0.4, 0.5) is 17.6 Å². The molecule has 32 heavy (non-hydrogen) atoms. The Bertz CT molecular complexity index is 1090. The first-order valence-electron chi connectivity index (χ1n) is 9.57. The molecule has 0 bridgehead atoms. The molecule has 0 aromatic carbocycles. The van der Waals surface area contributed by atoms with Crippen LogP contribution in [-0.4, -0.2) is 47.1 Å². The molecule has 0 saturated carbocycles. The van der Waals surface area contributed by atoms with E-state index in [0.29, 0.717) is 11.3 Å². The second-order valence-electron chi connectivity index (χ2n) is 7.86. The number of carbonyl (C=O) groups excluding carboxylic acids is 1. The van der Waals surface area contributed by atoms with Crippen LogP contribution in [0, 0.1) is 12.7 Å². The van der Waals surface area contributed by atoms with Crippen LogP contribution in [0.25, 0.3) is 0 Å². The van der Waals surface area contributed by atoms with Crippen molar-refractivity contribution in [3.05, 3.63) is 52.9 Å². The van der Waals surface area contributed by atoms with Gasteiger partial charge >= 0.3 is 6.18 Å². The third-order valence-corrected chi connectivity index (χ3v) is 5.35. The minimum Gasteiger partial charge on any atom is -0.495 e. The van der Waals surface area contributed by atoms with Crippen molar-refractivity contribution in [3.63, 3.8) is 0 Å². The number of Topliss-reactive ketones (excluding diaryl/α,β-unsaturated/α-hetero) is 1. The molecule has 0 radical (unpaired) electrons. The molecule has 0 aliphatic carbocycles. The first kappa shape index (κ1) is 23.6. The van der Waals surface area contributed by atoms with Crippen molar-refractivity contribution in [1.29, 1.82) is 0 Å². The van der Waals surface area contributed by atoms with E-state index in [1.54, 1.807) is 13.0 Å². The molecule has 1 aliphatic rings. The number of alkyl halides is 3. The number of rotatable bonds is 5. The van der Waals surface area contributed by atoms with Crippen LogP contribution in [0.2, 0.25) is 0 Å². The number of hydrogen-bond acceptors (Lipinski definition) is 7. The fourth-order valence-corrected chi connectivity index (χ4v) is 3.27. The Kier molecular flexibility index (Phi) is 5.98. The van der Waals surface area contributed by atoms with Gasteiger partial charge in [0.15, 0.2) is 5.78 Å². The smallest absolute Gasteiger partial charge is 0.424 e. The highest BCUT2D eigenvalue weighted by molar-refractivity contribution is 5.96. The van der Waals surface area contributed by atoms with Gasteiger partial charge < -0.3 is 15.2 Å². The SMILES string of the molecule is COc1cnc(C(=O)Cc2ccc(F)c([C@]3(C)CO[C@@](C)(C(F)(F)F)C(N)=N3)n2)c(C)c1. The summed E-state index contributed by atoms with van der Waals surface area (Å²) in [6.07, 6.45) is -3.60. The highest BCUT2D eigenvalue weighted by atomic mass is 19.4. The van der Waals surface area contributed by atoms with Crippen molar-refractivity contribution in [3.8, 4) is 5.75 Å². The van der Waals surface area contributed by atoms with Crippen LogP contribution in [-0.2, 0) is 16.7 Å². The van der Waals surface area contributed by atoms with E-state index in [4.69, 9.17) is 15.2 Å². The summed E-state index contributed by atoms with van der Waals surface area (Å²) in [6.45, 7) is 3.21. The molecule has 7 nitrogen and oxygen atoms in total. The zero-order valence-electron chi connectivity index (χ0n) is 17.9. The Morgan fingerprint density at radius 3 is 2.56 bits per heavy atom. The third-order valence-electron chi connectivity index (χ3n) is 5.35. The first-order chi connectivity index (χ1) is 14.8. The second kappa shape index (κ2) is 8.12. The summed E-state index contributed by atoms with van der Waals surface area (Å²) in [4.78, 5) is 24.9. The Morgan fingerprint density at radius 2 is 2.00 bits per heavy atom. The predicted molar refractivity (Wildman–Crippen MR) is 107 cm³/mol. The van der Waals surface area contributed by atoms with Gasteiger partial charge in [0.25, 0.3) is 0 Å². The standard InChI is InChI=1S/C21H22F4N4O3/c1-11-7-13(31-4)9-27-16(11)15(30)8-12-5-6-14(22)17(28-12)19(2)10-32-20(3,18(26)29-19)21(23,24)25/h5-7,9H,8,10H2,1-4H3,(H2,26,29)/t19-,20+/m0/s1. The van der Waals surface area contributed by atoms with Crippen molar-refractivity contribution >= 4 is 11.6 Å². The molecule has 3 rings (SSSR count). The summed E-state index contributed by atoms with van der Waals surface area (Å²) < 4.78 is 64.7. The molecule has 0 spiro atoms. The summed E-state index contributed by atoms with van der Waals surface area (Å²) in [5.41, 5.74) is 1.91. The quantitative estimate of drug-likeness (QED) is 0.550. The normalized spacial score (nSPS) is 23.6. The predicted octanol–water partition coefficient (Wildman–Crippen LogP) is 3.28. The average Bonchev–Trinajstić information content (AvgIpc) is 2.71. The Hall–Kier alpha value is -3.08. The van der Waals surface area contributed by atoms with E-state index in [1.807, 2.05) is 0 Å². The Labute approximate surface area is 181 Å². The zero-order chi connectivity index (χ0) is 23.9. The number of pyridine rings is 2. The van der Waals surface area contributed by atoms with Gasteiger partial charge in [-0.05, 0) is 44.5 Å². The summed E-state index contributed by atoms with van der Waals surface area (Å²) >= 11 is 0. The number of aliphatic imine (C=N–C) groups is 1. The minimum atomic E-state index is -4.80. The zero-order valence-corrected chi connectivity index (χ0v) is 17.9. The maximum atomic E-state index is 14.6. The average molecular weight is 454 g/mol. The molecular weight excluding hydrogens is 432 g/mol. The summed E-state index contributed by atoms with van der Waals surface area (Å²) in [5, 5.41) is 0. The van der Waals surface area contributed by atoms with Crippen LogP contribution >= 0.6 is 0 Å². The van der Waals surface area contributed by atoms with Gasteiger partial charge in [-0.25, -0.2) is 9.37 Å². The van der Waals surface area contributed by atoms with E-state index in [9.17, 15) is 22.4 Å². The lowest BCUT2D eigenvalue weighted by Crippen LogP contribution is -2.60. The lowest BCUT2D eigenvalue weighted by molar-refractivity contribution is -0.249. The molecule has 0 amide bonds. The summed E-state index contributed by atoms with van der Waals surface area (Å²) in [6, 6.07) is 4.04. The summed E-state index contributed by atoms with van der Waals surface area (Å²) in [7, 11) is 1.48. The Balaban J connectivity index is 1.92. The largest absolute Gasteiger partial charge is 0.495 e. The fourth-order valence-electron chi connectivity index (χ4n) is 3.27. The lowest BCUT2D eigenvalue weighted by Gasteiger charge is -2.40. The molecule has 11 heteroatoms. The maximum Gasteiger partial charge on any atom is 0.424 e. The number of ketones is 1. The number of hydrogen-bond donors (Lipinski definition) is 1. The number of amidine groups is 1. The monoisotopic (exact) mass is 454 g/mol. The minimum absolute atomic E-state index is 0.197. The first-order valence-corrected chi connectivity index (χ1v) is 9.57. The lowest BCUT2D eigenvalue weighted by atomic mass is 9.93. The van der Waals surface area contributed by atoms with Crippen LogP contribution < -0.4 is 10.5 Å². The summed E-state index contributed by atoms with van der Waals surface area (Å²) in [5.74, 6) is -1.52. The van der Waals surface area contributed by atoms with Crippen LogP contribution in [0.15, 0.2) is 29.4 Å². The Morgan fingerprint density at radius 1 is 1.31 bits per heavy atom. The number of nitrogens with two attached hydrogens (primary N) is 1. The van der Waals surface area contributed by atoms with Crippen molar-refractivity contribution in [2.45, 2.75) is 44.5 Å². The molecule has 1 aliphatic heterocycles. The van der Waals surface area contributed by atoms with Crippen molar-refractivity contribution in [2.75, 3.05) is 13.7 Å². The molecule has 2 N–H and O–H groups in total. The van der Waals surface area contributed by atoms with Gasteiger partial charge in [0, 0.05) is 5.69 Å². The molecule has 2 aromatic heterocycles. The third kappa shape index (κ3) is 4.16. The van der Waals surface area contributed by atoms with E-state index < -0.39 is 35.6 Å².